The molecule has 1 nitrogen and oxygen atoms in total. The van der Waals surface area contributed by atoms with Crippen molar-refractivity contribution in [3.8, 4) is 139 Å². The van der Waals surface area contributed by atoms with Gasteiger partial charge in [-0.3, -0.25) is 0 Å². The van der Waals surface area contributed by atoms with E-state index in [9.17, 15) is 0 Å². The van der Waals surface area contributed by atoms with Crippen LogP contribution in [0.1, 0.15) is 22.6 Å². The van der Waals surface area contributed by atoms with Gasteiger partial charge in [0.2, 0.25) is 0 Å². The smallest absolute Gasteiger partial charge is 0.0547 e. The molecule has 3 aliphatic rings. The Morgan fingerprint density at radius 2 is 0.603 bits per heavy atom. The van der Waals surface area contributed by atoms with E-state index in [1.165, 1.54) is 237 Å². The van der Waals surface area contributed by atoms with Crippen LogP contribution in [0.3, 0.4) is 0 Å². The van der Waals surface area contributed by atoms with Crippen LogP contribution in [-0.2, 0) is 0 Å². The molecule has 1 heteroatoms. The van der Waals surface area contributed by atoms with E-state index < -0.39 is 0 Å². The van der Waals surface area contributed by atoms with Gasteiger partial charge in [0.05, 0.1) is 11.0 Å². The Bertz CT molecular complexity index is 7790. The molecule has 3 aliphatic carbocycles. The summed E-state index contributed by atoms with van der Waals surface area (Å²) in [6, 6.07) is 158. The summed E-state index contributed by atoms with van der Waals surface area (Å²) < 4.78 is 2.42. The van der Waals surface area contributed by atoms with Crippen molar-refractivity contribution >= 4 is 86.4 Å². The van der Waals surface area contributed by atoms with Crippen LogP contribution in [0.2, 0.25) is 0 Å². The Morgan fingerprint density at radius 3 is 1.34 bits per heavy atom. The molecule has 0 radical (unpaired) electrons. The van der Waals surface area contributed by atoms with E-state index in [2.05, 4.69) is 429 Å². The monoisotopic (exact) mass is 1470 g/mol. The fraction of sp³-hybridized carbons (Fsp3) is 0.00870. The van der Waals surface area contributed by atoms with Crippen molar-refractivity contribution in [2.45, 2.75) is 5.92 Å². The zero-order valence-electron chi connectivity index (χ0n) is 63.4. The van der Waals surface area contributed by atoms with E-state index in [0.717, 1.165) is 5.69 Å². The molecular formula is C115H71N. The lowest BCUT2D eigenvalue weighted by Crippen LogP contribution is -1.99. The maximum Gasteiger partial charge on any atom is 0.0547 e. The first-order chi connectivity index (χ1) is 57.5. The van der Waals surface area contributed by atoms with E-state index in [-0.39, 0.29) is 5.92 Å². The highest BCUT2D eigenvalue weighted by Crippen LogP contribution is 2.57. The summed E-state index contributed by atoms with van der Waals surface area (Å²) in [5.74, 6) is 0.173. The van der Waals surface area contributed by atoms with Gasteiger partial charge < -0.3 is 4.57 Å². The summed E-state index contributed by atoms with van der Waals surface area (Å²) in [6.45, 7) is 0. The van der Waals surface area contributed by atoms with Gasteiger partial charge in [-0.25, -0.2) is 0 Å². The lowest BCUT2D eigenvalue weighted by molar-refractivity contribution is 1.02. The van der Waals surface area contributed by atoms with Gasteiger partial charge in [-0.1, -0.05) is 352 Å². The summed E-state index contributed by atoms with van der Waals surface area (Å²) in [6.07, 6.45) is 0. The summed E-state index contributed by atoms with van der Waals surface area (Å²) in [5, 5.41) is 18.2. The average molecular weight is 1470 g/mol. The average Bonchev–Trinajstić information content (AvgIpc) is 1.56. The standard InChI is InChI=1S/C63H39N.C52H32/c1-3-15-40(16-4-1)61-54-22-10-9-20-49(54)50-29-27-41(37-58(50)61)43-34-44(42-28-30-52-51-21-11-12-25-59(51)64(60(52)38-42)46-17-5-2-6-18-46)36-45(35-43)47-32-33-57-62-48-19-8-7-14-39(48)26-31-56(62)55-24-13-23-53(47)63(55)57;1-3-13-33(14-4-1)35-17-11-18-36(29-35)38-31-39-30-37(25-26-41(39)49(32-38)34-15-5-2-6-16-34)40-27-28-48-50-44(40)23-12-24-47(50)51-45-21-9-7-19-42(45)43-20-8-10-22-46(43)52(48)51/h1-38,61H;1-32H. The molecule has 0 amide bonds. The van der Waals surface area contributed by atoms with E-state index in [1.807, 2.05) is 0 Å². The molecule has 0 spiro atoms. The SMILES string of the molecule is c1ccc(-c2cccc(-c3cc(-c4ccccc4)c4ccc(-c5ccc6c7c(cccc57)-c5c-6c6ccccc6c6ccccc56)cc4c3)c2)cc1.c1ccc(C2c3ccccc3-c3ccc(-c4cc(-c5ccc6c7ccccc7n(-c7ccccc7)c6c5)cc(-c5ccc6c7c(cccc57)-c5ccc7ccccc7c5-6)c4)cc32)cc1. The predicted octanol–water partition coefficient (Wildman–Crippen LogP) is 31.5. The first kappa shape index (κ1) is 65.7. The molecule has 116 heavy (non-hydrogen) atoms. The van der Waals surface area contributed by atoms with Gasteiger partial charge >= 0.3 is 0 Å². The molecule has 1 heterocycles. The van der Waals surface area contributed by atoms with Crippen LogP contribution in [0.15, 0.2) is 425 Å². The van der Waals surface area contributed by atoms with Crippen molar-refractivity contribution in [3.05, 3.63) is 441 Å². The molecule has 25 rings (SSSR count). The van der Waals surface area contributed by atoms with E-state index in [0.29, 0.717) is 0 Å². The van der Waals surface area contributed by atoms with Gasteiger partial charge in [0.25, 0.3) is 0 Å². The lowest BCUT2D eigenvalue weighted by Gasteiger charge is -2.17. The summed E-state index contributed by atoms with van der Waals surface area (Å²) in [4.78, 5) is 0. The maximum absolute atomic E-state index is 2.47. The largest absolute Gasteiger partial charge is 0.309 e. The minimum Gasteiger partial charge on any atom is -0.309 e. The molecule has 1 atom stereocenters. The molecule has 21 aromatic carbocycles. The zero-order valence-corrected chi connectivity index (χ0v) is 63.4. The minimum absolute atomic E-state index is 0.173. The fourth-order valence-corrected chi connectivity index (χ4v) is 20.2. The summed E-state index contributed by atoms with van der Waals surface area (Å²) in [7, 11) is 0. The van der Waals surface area contributed by atoms with Gasteiger partial charge in [-0.15, -0.1) is 0 Å². The van der Waals surface area contributed by atoms with Crippen molar-refractivity contribution in [1.82, 2.24) is 4.57 Å². The number of aromatic nitrogens is 1. The molecule has 0 N–H and O–H groups in total. The molecule has 22 aromatic rings. The molecule has 0 fully saturated rings. The Balaban J connectivity index is 0.000000136. The summed E-state index contributed by atoms with van der Waals surface area (Å²) >= 11 is 0. The zero-order chi connectivity index (χ0) is 76.1. The molecule has 536 valence electrons. The number of hydrogen-bond donors (Lipinski definition) is 0. The van der Waals surface area contributed by atoms with E-state index in [4.69, 9.17) is 0 Å². The van der Waals surface area contributed by atoms with Crippen LogP contribution >= 0.6 is 0 Å². The second-order valence-electron chi connectivity index (χ2n) is 31.6. The number of para-hydroxylation sites is 2. The van der Waals surface area contributed by atoms with Gasteiger partial charge in [0, 0.05) is 22.4 Å². The number of nitrogens with zero attached hydrogens (tertiary/aromatic N) is 1. The first-order valence-electron chi connectivity index (χ1n) is 40.5. The van der Waals surface area contributed by atoms with Gasteiger partial charge in [-0.2, -0.15) is 0 Å². The normalized spacial score (nSPS) is 12.7. The van der Waals surface area contributed by atoms with Crippen molar-refractivity contribution < 1.29 is 0 Å². The molecular weight excluding hydrogens is 1400 g/mol. The second-order valence-corrected chi connectivity index (χ2v) is 31.6. The number of hydrogen-bond acceptors (Lipinski definition) is 0. The molecule has 1 aromatic heterocycles. The van der Waals surface area contributed by atoms with Crippen molar-refractivity contribution in [2.75, 3.05) is 0 Å². The summed E-state index contributed by atoms with van der Waals surface area (Å²) in [5.41, 5.74) is 38.1. The molecule has 0 aliphatic heterocycles. The lowest BCUT2D eigenvalue weighted by atomic mass is 9.86. The van der Waals surface area contributed by atoms with Crippen molar-refractivity contribution in [1.29, 1.82) is 0 Å². The van der Waals surface area contributed by atoms with Crippen LogP contribution in [0.4, 0.5) is 0 Å². The third kappa shape index (κ3) is 10.3. The predicted molar refractivity (Wildman–Crippen MR) is 492 cm³/mol. The quantitative estimate of drug-likeness (QED) is 0.127. The molecule has 0 bridgehead atoms. The highest BCUT2D eigenvalue weighted by Gasteiger charge is 2.32. The first-order valence-corrected chi connectivity index (χ1v) is 40.5. The Labute approximate surface area is 672 Å². The second kappa shape index (κ2) is 26.3. The topological polar surface area (TPSA) is 4.93 Å². The maximum atomic E-state index is 2.47. The highest BCUT2D eigenvalue weighted by molar-refractivity contribution is 6.32. The Hall–Kier alpha value is -15.0. The fourth-order valence-electron chi connectivity index (χ4n) is 20.2. The third-order valence-corrected chi connectivity index (χ3v) is 25.3. The number of benzene rings is 21. The number of fused-ring (bicyclic) bond motifs is 20. The number of rotatable bonds is 9. The van der Waals surface area contributed by atoms with E-state index in [1.54, 1.807) is 0 Å². The van der Waals surface area contributed by atoms with Crippen LogP contribution < -0.4 is 0 Å². The Morgan fingerprint density at radius 1 is 0.164 bits per heavy atom. The minimum atomic E-state index is 0.173. The van der Waals surface area contributed by atoms with E-state index >= 15 is 0 Å². The molecule has 0 saturated heterocycles. The highest BCUT2D eigenvalue weighted by atomic mass is 15.0. The van der Waals surface area contributed by atoms with Crippen LogP contribution in [0, 0.1) is 0 Å². The van der Waals surface area contributed by atoms with Gasteiger partial charge in [0.15, 0.2) is 0 Å². The van der Waals surface area contributed by atoms with Crippen LogP contribution in [0.5, 0.6) is 0 Å². The molecule has 0 saturated carbocycles. The van der Waals surface area contributed by atoms with Crippen molar-refractivity contribution in [2.24, 2.45) is 0 Å². The van der Waals surface area contributed by atoms with Gasteiger partial charge in [0.1, 0.15) is 0 Å². The Kier molecular flexibility index (Phi) is 14.9. The van der Waals surface area contributed by atoms with Crippen LogP contribution in [-0.4, -0.2) is 4.57 Å². The molecule has 1 unspecified atom stereocenters. The third-order valence-electron chi connectivity index (χ3n) is 25.3. The van der Waals surface area contributed by atoms with Crippen LogP contribution in [0.25, 0.3) is 226 Å². The van der Waals surface area contributed by atoms with Gasteiger partial charge in [-0.05, 0) is 288 Å². The van der Waals surface area contributed by atoms with Crippen molar-refractivity contribution in [3.63, 3.8) is 0 Å².